The molecular weight excluding hydrogens is 288 g/mol. The highest BCUT2D eigenvalue weighted by molar-refractivity contribution is 5.91. The lowest BCUT2D eigenvalue weighted by Gasteiger charge is -2.30. The predicted molar refractivity (Wildman–Crippen MR) is 91.6 cm³/mol. The highest BCUT2D eigenvalue weighted by Crippen LogP contribution is 2.36. The second-order valence-electron chi connectivity index (χ2n) is 6.22. The molecular formula is C19H22N2O2. The molecule has 0 heterocycles. The Morgan fingerprint density at radius 2 is 1.96 bits per heavy atom. The topological polar surface area (TPSA) is 61.4 Å². The van der Waals surface area contributed by atoms with Crippen molar-refractivity contribution >= 4 is 11.7 Å². The van der Waals surface area contributed by atoms with E-state index in [0.29, 0.717) is 6.42 Å². The van der Waals surface area contributed by atoms with Crippen molar-refractivity contribution in [1.29, 1.82) is 0 Å². The molecule has 0 spiro atoms. The molecule has 0 saturated carbocycles. The number of amides is 2. The number of benzene rings is 2. The van der Waals surface area contributed by atoms with E-state index in [1.807, 2.05) is 50.2 Å². The lowest BCUT2D eigenvalue weighted by atomic mass is 9.93. The third kappa shape index (κ3) is 2.82. The van der Waals surface area contributed by atoms with Gasteiger partial charge < -0.3 is 15.7 Å². The van der Waals surface area contributed by atoms with Crippen molar-refractivity contribution in [3.63, 3.8) is 0 Å². The zero-order chi connectivity index (χ0) is 16.4. The van der Waals surface area contributed by atoms with Crippen LogP contribution >= 0.6 is 0 Å². The van der Waals surface area contributed by atoms with Crippen LogP contribution in [0.3, 0.4) is 0 Å². The van der Waals surface area contributed by atoms with Gasteiger partial charge in [0, 0.05) is 5.69 Å². The third-order valence-electron chi connectivity index (χ3n) is 4.83. The second-order valence-corrected chi connectivity index (χ2v) is 6.22. The molecule has 120 valence electrons. The van der Waals surface area contributed by atoms with Crippen molar-refractivity contribution < 1.29 is 9.90 Å². The van der Waals surface area contributed by atoms with Crippen LogP contribution in [0.5, 0.6) is 0 Å². The highest BCUT2D eigenvalue weighted by atomic mass is 16.3. The summed E-state index contributed by atoms with van der Waals surface area (Å²) < 4.78 is 0. The van der Waals surface area contributed by atoms with Crippen LogP contribution in [0.15, 0.2) is 42.5 Å². The first-order valence-electron chi connectivity index (χ1n) is 7.90. The summed E-state index contributed by atoms with van der Waals surface area (Å²) in [6.45, 7) is 3.89. The van der Waals surface area contributed by atoms with Gasteiger partial charge in [0.25, 0.3) is 0 Å². The molecule has 0 saturated heterocycles. The van der Waals surface area contributed by atoms with Crippen LogP contribution in [0.25, 0.3) is 0 Å². The molecule has 2 aromatic carbocycles. The van der Waals surface area contributed by atoms with Crippen LogP contribution in [0.4, 0.5) is 10.5 Å². The van der Waals surface area contributed by atoms with Gasteiger partial charge in [0.2, 0.25) is 0 Å². The summed E-state index contributed by atoms with van der Waals surface area (Å²) in [6.07, 6.45) is 1.57. The molecule has 3 rings (SSSR count). The highest BCUT2D eigenvalue weighted by Gasteiger charge is 2.39. The van der Waals surface area contributed by atoms with Crippen LogP contribution in [0.2, 0.25) is 0 Å². The Morgan fingerprint density at radius 3 is 2.74 bits per heavy atom. The number of fused-ring (bicyclic) bond motifs is 1. The third-order valence-corrected chi connectivity index (χ3v) is 4.83. The summed E-state index contributed by atoms with van der Waals surface area (Å²) in [7, 11) is 0. The van der Waals surface area contributed by atoms with Crippen LogP contribution in [0, 0.1) is 13.8 Å². The van der Waals surface area contributed by atoms with Crippen LogP contribution in [-0.4, -0.2) is 17.7 Å². The Morgan fingerprint density at radius 1 is 1.17 bits per heavy atom. The fraction of sp³-hybridized carbons (Fsp3) is 0.316. The smallest absolute Gasteiger partial charge is 0.320 e. The van der Waals surface area contributed by atoms with Gasteiger partial charge in [-0.2, -0.15) is 0 Å². The van der Waals surface area contributed by atoms with Gasteiger partial charge in [-0.05, 0) is 55.0 Å². The number of aliphatic hydroxyl groups is 1. The van der Waals surface area contributed by atoms with Crippen molar-refractivity contribution in [2.24, 2.45) is 0 Å². The zero-order valence-electron chi connectivity index (χ0n) is 13.5. The Balaban J connectivity index is 1.81. The zero-order valence-corrected chi connectivity index (χ0v) is 13.5. The average molecular weight is 310 g/mol. The molecule has 0 radical (unpaired) electrons. The fourth-order valence-corrected chi connectivity index (χ4v) is 3.28. The molecule has 3 N–H and O–H groups in total. The van der Waals surface area contributed by atoms with E-state index >= 15 is 0 Å². The summed E-state index contributed by atoms with van der Waals surface area (Å²) in [4.78, 5) is 12.5. The Hall–Kier alpha value is -2.33. The first-order chi connectivity index (χ1) is 11.1. The van der Waals surface area contributed by atoms with E-state index in [2.05, 4.69) is 16.7 Å². The first kappa shape index (κ1) is 15.6. The molecule has 0 aromatic heterocycles. The van der Waals surface area contributed by atoms with Gasteiger partial charge >= 0.3 is 6.03 Å². The SMILES string of the molecule is Cc1cccc(NC(=O)NC2(CO)CCc3ccccc32)c1C. The van der Waals surface area contributed by atoms with E-state index in [9.17, 15) is 9.90 Å². The largest absolute Gasteiger partial charge is 0.394 e. The molecule has 4 nitrogen and oxygen atoms in total. The van der Waals surface area contributed by atoms with E-state index in [4.69, 9.17) is 0 Å². The molecule has 1 atom stereocenters. The van der Waals surface area contributed by atoms with Gasteiger partial charge in [-0.1, -0.05) is 36.4 Å². The Labute approximate surface area is 136 Å². The number of urea groups is 1. The minimum absolute atomic E-state index is 0.107. The number of nitrogens with one attached hydrogen (secondary N) is 2. The number of aryl methyl sites for hydroxylation is 2. The first-order valence-corrected chi connectivity index (χ1v) is 7.90. The molecule has 0 aliphatic heterocycles. The minimum Gasteiger partial charge on any atom is -0.394 e. The fourth-order valence-electron chi connectivity index (χ4n) is 3.28. The van der Waals surface area contributed by atoms with Gasteiger partial charge in [-0.25, -0.2) is 4.79 Å². The molecule has 4 heteroatoms. The summed E-state index contributed by atoms with van der Waals surface area (Å²) in [6, 6.07) is 13.5. The maximum atomic E-state index is 12.5. The van der Waals surface area contributed by atoms with Crippen molar-refractivity contribution in [2.75, 3.05) is 11.9 Å². The lowest BCUT2D eigenvalue weighted by molar-refractivity contribution is 0.164. The van der Waals surface area contributed by atoms with Gasteiger partial charge in [0.15, 0.2) is 0 Å². The van der Waals surface area contributed by atoms with E-state index < -0.39 is 5.54 Å². The summed E-state index contributed by atoms with van der Waals surface area (Å²) in [5.41, 5.74) is 4.48. The van der Waals surface area contributed by atoms with Gasteiger partial charge in [-0.3, -0.25) is 0 Å². The summed E-state index contributed by atoms with van der Waals surface area (Å²) in [5, 5.41) is 15.8. The standard InChI is InChI=1S/C19H22N2O2/c1-13-6-5-9-17(14(13)2)20-18(23)21-19(12-22)11-10-15-7-3-4-8-16(15)19/h3-9,22H,10-12H2,1-2H3,(H2,20,21,23). The van der Waals surface area contributed by atoms with Crippen molar-refractivity contribution in [2.45, 2.75) is 32.2 Å². The lowest BCUT2D eigenvalue weighted by Crippen LogP contribution is -2.49. The second kappa shape index (κ2) is 6.05. The van der Waals surface area contributed by atoms with E-state index in [-0.39, 0.29) is 12.6 Å². The van der Waals surface area contributed by atoms with Crippen molar-refractivity contribution in [3.8, 4) is 0 Å². The summed E-state index contributed by atoms with van der Waals surface area (Å²) >= 11 is 0. The Kier molecular flexibility index (Phi) is 4.09. The number of aliphatic hydroxyl groups excluding tert-OH is 1. The monoisotopic (exact) mass is 310 g/mol. The number of rotatable bonds is 3. The molecule has 1 unspecified atom stereocenters. The predicted octanol–water partition coefficient (Wildman–Crippen LogP) is 3.26. The number of anilines is 1. The van der Waals surface area contributed by atoms with Crippen LogP contribution in [0.1, 0.15) is 28.7 Å². The maximum absolute atomic E-state index is 12.5. The van der Waals surface area contributed by atoms with Crippen LogP contribution in [-0.2, 0) is 12.0 Å². The minimum atomic E-state index is -0.696. The normalized spacial score (nSPS) is 19.3. The van der Waals surface area contributed by atoms with Crippen molar-refractivity contribution in [1.82, 2.24) is 5.32 Å². The maximum Gasteiger partial charge on any atom is 0.320 e. The Bertz CT molecular complexity index is 742. The van der Waals surface area contributed by atoms with Crippen molar-refractivity contribution in [3.05, 3.63) is 64.7 Å². The van der Waals surface area contributed by atoms with Gasteiger partial charge in [-0.15, -0.1) is 0 Å². The average Bonchev–Trinajstić information content (AvgIpc) is 2.91. The molecule has 0 fully saturated rings. The van der Waals surface area contributed by atoms with E-state index in [0.717, 1.165) is 28.8 Å². The summed E-state index contributed by atoms with van der Waals surface area (Å²) in [5.74, 6) is 0. The molecule has 1 aliphatic carbocycles. The number of carbonyl (C=O) groups is 1. The number of carbonyl (C=O) groups excluding carboxylic acids is 1. The number of hydrogen-bond acceptors (Lipinski definition) is 2. The van der Waals surface area contributed by atoms with E-state index in [1.165, 1.54) is 5.56 Å². The van der Waals surface area contributed by atoms with Crippen LogP contribution < -0.4 is 10.6 Å². The number of hydrogen-bond donors (Lipinski definition) is 3. The van der Waals surface area contributed by atoms with Gasteiger partial charge in [0.1, 0.15) is 0 Å². The molecule has 2 aromatic rings. The molecule has 0 bridgehead atoms. The molecule has 23 heavy (non-hydrogen) atoms. The molecule has 1 aliphatic rings. The van der Waals surface area contributed by atoms with Gasteiger partial charge in [0.05, 0.1) is 12.1 Å². The van der Waals surface area contributed by atoms with E-state index in [1.54, 1.807) is 0 Å². The quantitative estimate of drug-likeness (QED) is 0.815. The molecule has 2 amide bonds.